The van der Waals surface area contributed by atoms with Gasteiger partial charge >= 0.3 is 0 Å². The van der Waals surface area contributed by atoms with Crippen molar-refractivity contribution in [3.8, 4) is 5.75 Å². The number of benzene rings is 1. The van der Waals surface area contributed by atoms with E-state index in [1.54, 1.807) is 12.5 Å². The van der Waals surface area contributed by atoms with Crippen molar-refractivity contribution in [1.29, 1.82) is 0 Å². The van der Waals surface area contributed by atoms with Gasteiger partial charge in [-0.2, -0.15) is 0 Å². The molecule has 4 nitrogen and oxygen atoms in total. The van der Waals surface area contributed by atoms with Gasteiger partial charge in [-0.1, -0.05) is 12.1 Å². The second-order valence-electron chi connectivity index (χ2n) is 4.56. The van der Waals surface area contributed by atoms with Crippen LogP contribution in [-0.4, -0.2) is 22.2 Å². The maximum absolute atomic E-state index is 5.89. The first kappa shape index (κ1) is 14.1. The summed E-state index contributed by atoms with van der Waals surface area (Å²) in [5.41, 5.74) is 7.00. The van der Waals surface area contributed by atoms with Crippen molar-refractivity contribution in [1.82, 2.24) is 9.55 Å². The lowest BCUT2D eigenvalue weighted by molar-refractivity contribution is 0.293. The van der Waals surface area contributed by atoms with Crippen molar-refractivity contribution in [2.24, 2.45) is 5.73 Å². The van der Waals surface area contributed by atoms with Gasteiger partial charge in [0.1, 0.15) is 12.4 Å². The minimum absolute atomic E-state index is 0.116. The molecule has 1 aromatic heterocycles. The van der Waals surface area contributed by atoms with E-state index < -0.39 is 0 Å². The fraction of sp³-hybridized carbons (Fsp3) is 0.357. The summed E-state index contributed by atoms with van der Waals surface area (Å²) in [6.07, 6.45) is 6.28. The van der Waals surface area contributed by atoms with Crippen molar-refractivity contribution >= 4 is 15.9 Å². The maximum Gasteiger partial charge on any atom is 0.136 e. The Hall–Kier alpha value is -1.33. The first-order chi connectivity index (χ1) is 9.16. The fourth-order valence-corrected chi connectivity index (χ4v) is 2.42. The molecule has 1 atom stereocenters. The third-order valence-electron chi connectivity index (χ3n) is 2.75. The zero-order valence-electron chi connectivity index (χ0n) is 10.9. The molecule has 0 saturated carbocycles. The number of nitrogens with two attached hydrogens (primary N) is 1. The number of aromatic nitrogens is 2. The molecule has 0 spiro atoms. The van der Waals surface area contributed by atoms with Gasteiger partial charge in [0.05, 0.1) is 17.3 Å². The predicted molar refractivity (Wildman–Crippen MR) is 79.2 cm³/mol. The lowest BCUT2D eigenvalue weighted by Crippen LogP contribution is -2.18. The Morgan fingerprint density at radius 3 is 3.00 bits per heavy atom. The quantitative estimate of drug-likeness (QED) is 0.889. The number of imidazole rings is 1. The molecule has 2 rings (SSSR count). The van der Waals surface area contributed by atoms with Crippen molar-refractivity contribution in [2.75, 3.05) is 6.61 Å². The van der Waals surface area contributed by atoms with Gasteiger partial charge in [-0.25, -0.2) is 4.98 Å². The zero-order chi connectivity index (χ0) is 13.7. The number of hydrogen-bond acceptors (Lipinski definition) is 3. The van der Waals surface area contributed by atoms with E-state index in [2.05, 4.69) is 27.0 Å². The van der Waals surface area contributed by atoms with Crippen molar-refractivity contribution in [3.05, 3.63) is 47.0 Å². The summed E-state index contributed by atoms with van der Waals surface area (Å²) in [7, 11) is 0. The van der Waals surface area contributed by atoms with E-state index in [9.17, 15) is 0 Å². The molecule has 0 aliphatic heterocycles. The summed E-state index contributed by atoms with van der Waals surface area (Å²) in [5, 5.41) is 0. The van der Waals surface area contributed by atoms with E-state index in [4.69, 9.17) is 10.5 Å². The normalized spacial score (nSPS) is 12.4. The van der Waals surface area contributed by atoms with E-state index in [0.717, 1.165) is 28.8 Å². The van der Waals surface area contributed by atoms with Gasteiger partial charge in [-0.3, -0.25) is 0 Å². The lowest BCUT2D eigenvalue weighted by atomic mass is 10.1. The first-order valence-corrected chi connectivity index (χ1v) is 7.07. The van der Waals surface area contributed by atoms with E-state index >= 15 is 0 Å². The van der Waals surface area contributed by atoms with Crippen LogP contribution in [0, 0.1) is 0 Å². The number of rotatable bonds is 6. The van der Waals surface area contributed by atoms with E-state index in [-0.39, 0.29) is 6.04 Å². The summed E-state index contributed by atoms with van der Waals surface area (Å²) >= 11 is 3.53. The van der Waals surface area contributed by atoms with Crippen LogP contribution in [-0.2, 0) is 13.0 Å². The molecule has 2 aromatic rings. The predicted octanol–water partition coefficient (Wildman–Crippen LogP) is 2.61. The molecule has 1 heterocycles. The number of para-hydroxylation sites is 1. The van der Waals surface area contributed by atoms with Crippen molar-refractivity contribution < 1.29 is 4.74 Å². The number of hydrogen-bond donors (Lipinski definition) is 1. The topological polar surface area (TPSA) is 53.1 Å². The molecular weight excluding hydrogens is 306 g/mol. The molecule has 0 fully saturated rings. The van der Waals surface area contributed by atoms with Crippen LogP contribution < -0.4 is 10.5 Å². The zero-order valence-corrected chi connectivity index (χ0v) is 12.5. The molecule has 0 bridgehead atoms. The highest BCUT2D eigenvalue weighted by Gasteiger charge is 2.09. The lowest BCUT2D eigenvalue weighted by Gasteiger charge is -2.15. The molecule has 0 radical (unpaired) electrons. The SMILES string of the molecule is CC(N)Cc1cccc(Br)c1OCCn1ccnc1. The Balaban J connectivity index is 2.01. The van der Waals surface area contributed by atoms with E-state index in [0.29, 0.717) is 6.61 Å². The van der Waals surface area contributed by atoms with Gasteiger partial charge < -0.3 is 15.0 Å². The Morgan fingerprint density at radius 1 is 1.47 bits per heavy atom. The molecule has 0 aliphatic rings. The second-order valence-corrected chi connectivity index (χ2v) is 5.41. The smallest absolute Gasteiger partial charge is 0.136 e. The molecule has 5 heteroatoms. The molecule has 19 heavy (non-hydrogen) atoms. The summed E-state index contributed by atoms with van der Waals surface area (Å²) in [6, 6.07) is 6.16. The third-order valence-corrected chi connectivity index (χ3v) is 3.37. The summed E-state index contributed by atoms with van der Waals surface area (Å²) < 4.78 is 8.85. The minimum atomic E-state index is 0.116. The van der Waals surface area contributed by atoms with Crippen LogP contribution in [0.4, 0.5) is 0 Å². The van der Waals surface area contributed by atoms with Gasteiger partial charge in [0.2, 0.25) is 0 Å². The monoisotopic (exact) mass is 323 g/mol. The van der Waals surface area contributed by atoms with Crippen LogP contribution in [0.3, 0.4) is 0 Å². The second kappa shape index (κ2) is 6.73. The molecule has 0 aliphatic carbocycles. The average Bonchev–Trinajstić information content (AvgIpc) is 2.85. The van der Waals surface area contributed by atoms with Gasteiger partial charge in [0.15, 0.2) is 0 Å². The number of ether oxygens (including phenoxy) is 1. The van der Waals surface area contributed by atoms with Crippen molar-refractivity contribution in [2.45, 2.75) is 25.9 Å². The van der Waals surface area contributed by atoms with E-state index in [1.807, 2.05) is 29.8 Å². The van der Waals surface area contributed by atoms with Gasteiger partial charge in [0, 0.05) is 18.4 Å². The average molecular weight is 324 g/mol. The highest BCUT2D eigenvalue weighted by molar-refractivity contribution is 9.10. The van der Waals surface area contributed by atoms with Gasteiger partial charge in [-0.15, -0.1) is 0 Å². The van der Waals surface area contributed by atoms with Gasteiger partial charge in [0.25, 0.3) is 0 Å². The number of nitrogens with zero attached hydrogens (tertiary/aromatic N) is 2. The van der Waals surface area contributed by atoms with Crippen molar-refractivity contribution in [3.63, 3.8) is 0 Å². The number of halogens is 1. The largest absolute Gasteiger partial charge is 0.490 e. The summed E-state index contributed by atoms with van der Waals surface area (Å²) in [5.74, 6) is 0.889. The Morgan fingerprint density at radius 2 is 2.32 bits per heavy atom. The molecule has 2 N–H and O–H groups in total. The third kappa shape index (κ3) is 4.08. The summed E-state index contributed by atoms with van der Waals surface area (Å²) in [6.45, 7) is 3.38. The molecule has 102 valence electrons. The molecule has 0 amide bonds. The standard InChI is InChI=1S/C14H18BrN3O/c1-11(16)9-12-3-2-4-13(15)14(12)19-8-7-18-6-5-17-10-18/h2-6,10-11H,7-9,16H2,1H3. The van der Waals surface area contributed by atoms with Crippen LogP contribution in [0.2, 0.25) is 0 Å². The van der Waals surface area contributed by atoms with Crippen LogP contribution in [0.15, 0.2) is 41.4 Å². The van der Waals surface area contributed by atoms with Crippen LogP contribution in [0.5, 0.6) is 5.75 Å². The van der Waals surface area contributed by atoms with Crippen LogP contribution in [0.25, 0.3) is 0 Å². The highest BCUT2D eigenvalue weighted by Crippen LogP contribution is 2.29. The van der Waals surface area contributed by atoms with Crippen LogP contribution >= 0.6 is 15.9 Å². The Bertz CT molecular complexity index is 511. The molecule has 0 saturated heterocycles. The highest BCUT2D eigenvalue weighted by atomic mass is 79.9. The summed E-state index contributed by atoms with van der Waals surface area (Å²) in [4.78, 5) is 4.00. The molecule has 1 unspecified atom stereocenters. The fourth-order valence-electron chi connectivity index (χ4n) is 1.89. The first-order valence-electron chi connectivity index (χ1n) is 6.28. The minimum Gasteiger partial charge on any atom is -0.490 e. The molecular formula is C14H18BrN3O. The Kier molecular flexibility index (Phi) is 4.99. The van der Waals surface area contributed by atoms with Crippen LogP contribution in [0.1, 0.15) is 12.5 Å². The molecule has 1 aromatic carbocycles. The Labute approximate surface area is 121 Å². The maximum atomic E-state index is 5.89. The van der Waals surface area contributed by atoms with E-state index in [1.165, 1.54) is 0 Å². The van der Waals surface area contributed by atoms with Gasteiger partial charge in [-0.05, 0) is 40.9 Å².